The van der Waals surface area contributed by atoms with Crippen LogP contribution in [0.25, 0.3) is 0 Å². The van der Waals surface area contributed by atoms with Crippen LogP contribution in [0.4, 0.5) is 5.69 Å². The highest BCUT2D eigenvalue weighted by molar-refractivity contribution is 9.10. The molecule has 0 unspecified atom stereocenters. The highest BCUT2D eigenvalue weighted by Crippen LogP contribution is 2.25. The zero-order valence-corrected chi connectivity index (χ0v) is 12.1. The third-order valence-corrected chi connectivity index (χ3v) is 3.27. The van der Waals surface area contributed by atoms with Crippen LogP contribution in [0.15, 0.2) is 35.3 Å². The molecule has 1 aromatic carbocycles. The Kier molecular flexibility index (Phi) is 4.94. The molecule has 17 heavy (non-hydrogen) atoms. The SMILES string of the molecule is C=CCN(c1ccc(C(C)=O)c(Br)c1)C(C)C. The van der Waals surface area contributed by atoms with Gasteiger partial charge in [-0.05, 0) is 54.9 Å². The van der Waals surface area contributed by atoms with Gasteiger partial charge in [0, 0.05) is 28.3 Å². The van der Waals surface area contributed by atoms with Crippen LogP contribution in [0.5, 0.6) is 0 Å². The van der Waals surface area contributed by atoms with Gasteiger partial charge < -0.3 is 4.90 Å². The van der Waals surface area contributed by atoms with Crippen LogP contribution in [0, 0.1) is 0 Å². The zero-order valence-electron chi connectivity index (χ0n) is 10.5. The zero-order chi connectivity index (χ0) is 13.0. The Morgan fingerprint density at radius 3 is 2.59 bits per heavy atom. The third-order valence-electron chi connectivity index (χ3n) is 2.61. The summed E-state index contributed by atoms with van der Waals surface area (Å²) in [4.78, 5) is 13.6. The van der Waals surface area contributed by atoms with Crippen molar-refractivity contribution >= 4 is 27.4 Å². The Hall–Kier alpha value is -1.09. The molecule has 3 heteroatoms. The number of anilines is 1. The van der Waals surface area contributed by atoms with Crippen LogP contribution in [-0.2, 0) is 0 Å². The van der Waals surface area contributed by atoms with E-state index in [1.807, 2.05) is 24.3 Å². The van der Waals surface area contributed by atoms with Gasteiger partial charge in [-0.2, -0.15) is 0 Å². The predicted octanol–water partition coefficient (Wildman–Crippen LogP) is 4.05. The lowest BCUT2D eigenvalue weighted by molar-refractivity contribution is 0.101. The van der Waals surface area contributed by atoms with Crippen molar-refractivity contribution in [3.63, 3.8) is 0 Å². The highest BCUT2D eigenvalue weighted by Gasteiger charge is 2.12. The van der Waals surface area contributed by atoms with Gasteiger partial charge in [0.05, 0.1) is 0 Å². The molecule has 0 aliphatic heterocycles. The molecule has 1 aromatic rings. The minimum absolute atomic E-state index is 0.0724. The fourth-order valence-corrected chi connectivity index (χ4v) is 2.37. The lowest BCUT2D eigenvalue weighted by Crippen LogP contribution is -2.30. The Morgan fingerprint density at radius 2 is 2.18 bits per heavy atom. The molecule has 0 spiro atoms. The number of benzene rings is 1. The van der Waals surface area contributed by atoms with Crippen molar-refractivity contribution in [2.45, 2.75) is 26.8 Å². The topological polar surface area (TPSA) is 20.3 Å². The molecule has 0 aliphatic carbocycles. The first-order valence-electron chi connectivity index (χ1n) is 5.65. The Morgan fingerprint density at radius 1 is 1.53 bits per heavy atom. The molecule has 0 saturated heterocycles. The summed E-state index contributed by atoms with van der Waals surface area (Å²) in [5, 5.41) is 0. The van der Waals surface area contributed by atoms with Gasteiger partial charge in [0.2, 0.25) is 0 Å². The van der Waals surface area contributed by atoms with Crippen molar-refractivity contribution < 1.29 is 4.79 Å². The molecular weight excluding hydrogens is 278 g/mol. The molecule has 0 amide bonds. The van der Waals surface area contributed by atoms with Crippen LogP contribution < -0.4 is 4.90 Å². The van der Waals surface area contributed by atoms with Gasteiger partial charge in [0.1, 0.15) is 0 Å². The number of carbonyl (C=O) groups excluding carboxylic acids is 1. The summed E-state index contributed by atoms with van der Waals surface area (Å²) in [5.74, 6) is 0.0724. The number of halogens is 1. The molecular formula is C14H18BrNO. The summed E-state index contributed by atoms with van der Waals surface area (Å²) in [6.45, 7) is 10.4. The fourth-order valence-electron chi connectivity index (χ4n) is 1.72. The highest BCUT2D eigenvalue weighted by atomic mass is 79.9. The quantitative estimate of drug-likeness (QED) is 0.603. The van der Waals surface area contributed by atoms with E-state index in [0.717, 1.165) is 22.3 Å². The van der Waals surface area contributed by atoms with E-state index in [1.54, 1.807) is 6.92 Å². The Balaban J connectivity index is 3.10. The van der Waals surface area contributed by atoms with Gasteiger partial charge >= 0.3 is 0 Å². The van der Waals surface area contributed by atoms with E-state index in [-0.39, 0.29) is 5.78 Å². The molecule has 0 radical (unpaired) electrons. The van der Waals surface area contributed by atoms with E-state index in [2.05, 4.69) is 41.3 Å². The van der Waals surface area contributed by atoms with Crippen LogP contribution in [0.2, 0.25) is 0 Å². The number of Topliss-reactive ketones (excluding diaryl/α,β-unsaturated/α-hetero) is 1. The smallest absolute Gasteiger partial charge is 0.160 e. The number of ketones is 1. The summed E-state index contributed by atoms with van der Waals surface area (Å²) >= 11 is 3.44. The van der Waals surface area contributed by atoms with Crippen LogP contribution in [-0.4, -0.2) is 18.4 Å². The van der Waals surface area contributed by atoms with E-state index in [1.165, 1.54) is 0 Å². The Bertz CT molecular complexity index is 426. The minimum atomic E-state index is 0.0724. The third kappa shape index (κ3) is 3.43. The van der Waals surface area contributed by atoms with Crippen LogP contribution in [0.1, 0.15) is 31.1 Å². The minimum Gasteiger partial charge on any atom is -0.365 e. The number of hydrogen-bond acceptors (Lipinski definition) is 2. The second-order valence-electron chi connectivity index (χ2n) is 4.26. The summed E-state index contributed by atoms with van der Waals surface area (Å²) in [5.41, 5.74) is 1.81. The largest absolute Gasteiger partial charge is 0.365 e. The fraction of sp³-hybridized carbons (Fsp3) is 0.357. The van der Waals surface area contributed by atoms with Crippen molar-refractivity contribution in [3.8, 4) is 0 Å². The number of nitrogens with zero attached hydrogens (tertiary/aromatic N) is 1. The molecule has 0 saturated carbocycles. The lowest BCUT2D eigenvalue weighted by Gasteiger charge is -2.28. The molecule has 92 valence electrons. The molecule has 0 bridgehead atoms. The normalized spacial score (nSPS) is 10.4. The van der Waals surface area contributed by atoms with E-state index in [4.69, 9.17) is 0 Å². The molecule has 0 atom stereocenters. The van der Waals surface area contributed by atoms with E-state index in [0.29, 0.717) is 6.04 Å². The van der Waals surface area contributed by atoms with E-state index in [9.17, 15) is 4.79 Å². The first kappa shape index (κ1) is 14.0. The van der Waals surface area contributed by atoms with Gasteiger partial charge in [-0.25, -0.2) is 0 Å². The summed E-state index contributed by atoms with van der Waals surface area (Å²) in [6.07, 6.45) is 1.88. The second kappa shape index (κ2) is 6.01. The lowest BCUT2D eigenvalue weighted by atomic mass is 10.1. The summed E-state index contributed by atoms with van der Waals surface area (Å²) in [7, 11) is 0. The number of rotatable bonds is 5. The molecule has 0 fully saturated rings. The molecule has 2 nitrogen and oxygen atoms in total. The number of carbonyl (C=O) groups is 1. The first-order valence-corrected chi connectivity index (χ1v) is 6.44. The van der Waals surface area contributed by atoms with E-state index < -0.39 is 0 Å². The molecule has 0 heterocycles. The van der Waals surface area contributed by atoms with Gasteiger partial charge in [0.15, 0.2) is 5.78 Å². The molecule has 0 aliphatic rings. The van der Waals surface area contributed by atoms with Gasteiger partial charge in [-0.15, -0.1) is 6.58 Å². The standard InChI is InChI=1S/C14H18BrNO/c1-5-8-16(10(2)3)12-6-7-13(11(4)17)14(15)9-12/h5-7,9-10H,1,8H2,2-4H3. The molecule has 1 rings (SSSR count). The average molecular weight is 296 g/mol. The maximum absolute atomic E-state index is 11.3. The maximum Gasteiger partial charge on any atom is 0.160 e. The van der Waals surface area contributed by atoms with Gasteiger partial charge in [-0.1, -0.05) is 6.08 Å². The summed E-state index contributed by atoms with van der Waals surface area (Å²) < 4.78 is 0.845. The van der Waals surface area contributed by atoms with Crippen LogP contribution >= 0.6 is 15.9 Å². The van der Waals surface area contributed by atoms with Gasteiger partial charge in [-0.3, -0.25) is 4.79 Å². The van der Waals surface area contributed by atoms with Crippen LogP contribution in [0.3, 0.4) is 0 Å². The maximum atomic E-state index is 11.3. The first-order chi connectivity index (χ1) is 7.97. The summed E-state index contributed by atoms with van der Waals surface area (Å²) in [6, 6.07) is 6.22. The monoisotopic (exact) mass is 295 g/mol. The van der Waals surface area contributed by atoms with Crippen molar-refractivity contribution in [1.82, 2.24) is 0 Å². The van der Waals surface area contributed by atoms with Crippen molar-refractivity contribution in [2.24, 2.45) is 0 Å². The van der Waals surface area contributed by atoms with Crippen molar-refractivity contribution in [1.29, 1.82) is 0 Å². The predicted molar refractivity (Wildman–Crippen MR) is 76.8 cm³/mol. The van der Waals surface area contributed by atoms with E-state index >= 15 is 0 Å². The molecule has 0 N–H and O–H groups in total. The second-order valence-corrected chi connectivity index (χ2v) is 5.11. The average Bonchev–Trinajstić information content (AvgIpc) is 2.24. The van der Waals surface area contributed by atoms with Crippen molar-refractivity contribution in [2.75, 3.05) is 11.4 Å². The number of hydrogen-bond donors (Lipinski definition) is 0. The Labute approximate surface area is 111 Å². The molecule has 0 aromatic heterocycles. The van der Waals surface area contributed by atoms with Crippen molar-refractivity contribution in [3.05, 3.63) is 40.9 Å². The van der Waals surface area contributed by atoms with Gasteiger partial charge in [0.25, 0.3) is 0 Å².